The second-order valence-electron chi connectivity index (χ2n) is 5.05. The number of carbonyl (C=O) groups excluding carboxylic acids is 1. The Morgan fingerprint density at radius 3 is 2.54 bits per heavy atom. The summed E-state index contributed by atoms with van der Waals surface area (Å²) >= 11 is 0. The number of nitrogens with zero attached hydrogens (tertiary/aromatic N) is 1. The Bertz CT molecular complexity index is 820. The van der Waals surface area contributed by atoms with Gasteiger partial charge in [0.25, 0.3) is 5.91 Å². The molecule has 0 aliphatic rings. The predicted molar refractivity (Wildman–Crippen MR) is 92.9 cm³/mol. The molecular weight excluding hydrogens is 304 g/mol. The van der Waals surface area contributed by atoms with Gasteiger partial charge in [0.1, 0.15) is 23.1 Å². The first-order chi connectivity index (χ1) is 11.6. The van der Waals surface area contributed by atoms with Gasteiger partial charge in [0.05, 0.1) is 14.2 Å². The van der Waals surface area contributed by atoms with Crippen molar-refractivity contribution < 1.29 is 14.3 Å². The zero-order valence-electron chi connectivity index (χ0n) is 13.8. The molecule has 0 unspecified atom stereocenters. The summed E-state index contributed by atoms with van der Waals surface area (Å²) in [5.74, 6) is 0.683. The fourth-order valence-corrected chi connectivity index (χ4v) is 2.16. The molecule has 2 rings (SSSR count). The van der Waals surface area contributed by atoms with Crippen molar-refractivity contribution >= 4 is 17.7 Å². The van der Waals surface area contributed by atoms with E-state index in [0.717, 1.165) is 5.56 Å². The van der Waals surface area contributed by atoms with E-state index in [4.69, 9.17) is 9.47 Å². The summed E-state index contributed by atoms with van der Waals surface area (Å²) in [5.41, 5.74) is 2.15. The Morgan fingerprint density at radius 2 is 1.92 bits per heavy atom. The largest absolute Gasteiger partial charge is 0.497 e. The molecule has 5 heteroatoms. The molecule has 2 aromatic carbocycles. The number of nitrogens with one attached hydrogen (secondary N) is 1. The van der Waals surface area contributed by atoms with E-state index >= 15 is 0 Å². The van der Waals surface area contributed by atoms with Crippen LogP contribution >= 0.6 is 0 Å². The minimum Gasteiger partial charge on any atom is -0.497 e. The summed E-state index contributed by atoms with van der Waals surface area (Å²) < 4.78 is 10.4. The first-order valence-corrected chi connectivity index (χ1v) is 7.30. The van der Waals surface area contributed by atoms with Crippen LogP contribution in [-0.2, 0) is 4.79 Å². The number of anilines is 1. The van der Waals surface area contributed by atoms with E-state index in [-0.39, 0.29) is 5.57 Å². The number of benzene rings is 2. The summed E-state index contributed by atoms with van der Waals surface area (Å²) in [5, 5.41) is 12.1. The molecule has 0 spiro atoms. The quantitative estimate of drug-likeness (QED) is 0.675. The molecule has 0 saturated carbocycles. The number of hydrogen-bond donors (Lipinski definition) is 1. The molecule has 0 aromatic heterocycles. The summed E-state index contributed by atoms with van der Waals surface area (Å²) in [4.78, 5) is 12.4. The van der Waals surface area contributed by atoms with Crippen LogP contribution in [-0.4, -0.2) is 20.1 Å². The Labute approximate surface area is 141 Å². The van der Waals surface area contributed by atoms with Gasteiger partial charge in [-0.2, -0.15) is 5.26 Å². The maximum atomic E-state index is 12.4. The number of hydrogen-bond acceptors (Lipinski definition) is 4. The molecule has 122 valence electrons. The minimum atomic E-state index is -0.475. The summed E-state index contributed by atoms with van der Waals surface area (Å²) in [6.45, 7) is 1.89. The molecule has 5 nitrogen and oxygen atoms in total. The summed E-state index contributed by atoms with van der Waals surface area (Å²) in [6, 6.07) is 14.5. The molecule has 1 amide bonds. The van der Waals surface area contributed by atoms with Crippen LogP contribution in [0.25, 0.3) is 6.08 Å². The van der Waals surface area contributed by atoms with E-state index in [1.807, 2.05) is 31.2 Å². The molecule has 1 N–H and O–H groups in total. The molecule has 0 radical (unpaired) electrons. The predicted octanol–water partition coefficient (Wildman–Crippen LogP) is 3.56. The molecule has 0 heterocycles. The van der Waals surface area contributed by atoms with Crippen molar-refractivity contribution in [2.24, 2.45) is 0 Å². The maximum Gasteiger partial charge on any atom is 0.266 e. The van der Waals surface area contributed by atoms with E-state index in [1.54, 1.807) is 31.4 Å². The second kappa shape index (κ2) is 7.84. The van der Waals surface area contributed by atoms with Gasteiger partial charge in [-0.15, -0.1) is 0 Å². The van der Waals surface area contributed by atoms with E-state index in [9.17, 15) is 10.1 Å². The van der Waals surface area contributed by atoms with Gasteiger partial charge in [-0.3, -0.25) is 4.79 Å². The lowest BCUT2D eigenvalue weighted by Crippen LogP contribution is -2.14. The number of amides is 1. The Morgan fingerprint density at radius 1 is 1.17 bits per heavy atom. The SMILES string of the molecule is COc1ccc(OC)c(C=C(C#N)C(=O)Nc2ccccc2C)c1. The average molecular weight is 322 g/mol. The molecule has 2 aromatic rings. The van der Waals surface area contributed by atoms with Crippen molar-refractivity contribution in [3.63, 3.8) is 0 Å². The zero-order chi connectivity index (χ0) is 17.5. The third-order valence-corrected chi connectivity index (χ3v) is 3.50. The fourth-order valence-electron chi connectivity index (χ4n) is 2.16. The van der Waals surface area contributed by atoms with Crippen molar-refractivity contribution in [1.29, 1.82) is 5.26 Å². The molecular formula is C19H18N2O3. The molecule has 0 fully saturated rings. The lowest BCUT2D eigenvalue weighted by atomic mass is 10.1. The molecule has 24 heavy (non-hydrogen) atoms. The zero-order valence-corrected chi connectivity index (χ0v) is 13.8. The van der Waals surface area contributed by atoms with Crippen LogP contribution in [0.1, 0.15) is 11.1 Å². The summed E-state index contributed by atoms with van der Waals surface area (Å²) in [7, 11) is 3.07. The van der Waals surface area contributed by atoms with Crippen LogP contribution in [0.4, 0.5) is 5.69 Å². The van der Waals surface area contributed by atoms with Crippen molar-refractivity contribution in [3.8, 4) is 17.6 Å². The Balaban J connectivity index is 2.34. The topological polar surface area (TPSA) is 71.3 Å². The third-order valence-electron chi connectivity index (χ3n) is 3.50. The molecule has 0 saturated heterocycles. The first-order valence-electron chi connectivity index (χ1n) is 7.30. The van der Waals surface area contributed by atoms with E-state index in [1.165, 1.54) is 13.2 Å². The average Bonchev–Trinajstić information content (AvgIpc) is 2.61. The van der Waals surface area contributed by atoms with Gasteiger partial charge in [0, 0.05) is 11.3 Å². The van der Waals surface area contributed by atoms with E-state index in [0.29, 0.717) is 22.7 Å². The number of methoxy groups -OCH3 is 2. The Kier molecular flexibility index (Phi) is 5.58. The number of rotatable bonds is 5. The second-order valence-corrected chi connectivity index (χ2v) is 5.05. The smallest absolute Gasteiger partial charge is 0.266 e. The van der Waals surface area contributed by atoms with Crippen molar-refractivity contribution in [2.75, 3.05) is 19.5 Å². The van der Waals surface area contributed by atoms with Gasteiger partial charge in [-0.1, -0.05) is 18.2 Å². The van der Waals surface area contributed by atoms with E-state index in [2.05, 4.69) is 5.32 Å². The van der Waals surface area contributed by atoms with Gasteiger partial charge in [0.15, 0.2) is 0 Å². The number of para-hydroxylation sites is 1. The van der Waals surface area contributed by atoms with Crippen LogP contribution in [0.15, 0.2) is 48.0 Å². The number of carbonyl (C=O) groups is 1. The lowest BCUT2D eigenvalue weighted by molar-refractivity contribution is -0.112. The van der Waals surface area contributed by atoms with Crippen LogP contribution in [0, 0.1) is 18.3 Å². The monoisotopic (exact) mass is 322 g/mol. The highest BCUT2D eigenvalue weighted by molar-refractivity contribution is 6.10. The standard InChI is InChI=1S/C19H18N2O3/c1-13-6-4-5-7-17(13)21-19(22)15(12-20)10-14-11-16(23-2)8-9-18(14)24-3/h4-11H,1-3H3,(H,21,22). The highest BCUT2D eigenvalue weighted by Crippen LogP contribution is 2.26. The number of aryl methyl sites for hydroxylation is 1. The fraction of sp³-hybridized carbons (Fsp3) is 0.158. The molecule has 0 atom stereocenters. The van der Waals surface area contributed by atoms with Crippen molar-refractivity contribution in [3.05, 3.63) is 59.2 Å². The van der Waals surface area contributed by atoms with Gasteiger partial charge in [0.2, 0.25) is 0 Å². The first kappa shape index (κ1) is 17.1. The van der Waals surface area contributed by atoms with Crippen LogP contribution in [0.5, 0.6) is 11.5 Å². The van der Waals surface area contributed by atoms with Gasteiger partial charge >= 0.3 is 0 Å². The summed E-state index contributed by atoms with van der Waals surface area (Å²) in [6.07, 6.45) is 1.48. The van der Waals surface area contributed by atoms with Crippen LogP contribution in [0.2, 0.25) is 0 Å². The molecule has 0 bridgehead atoms. The lowest BCUT2D eigenvalue weighted by Gasteiger charge is -2.09. The van der Waals surface area contributed by atoms with Crippen molar-refractivity contribution in [1.82, 2.24) is 0 Å². The van der Waals surface area contributed by atoms with E-state index < -0.39 is 5.91 Å². The van der Waals surface area contributed by atoms with Gasteiger partial charge < -0.3 is 14.8 Å². The number of nitriles is 1. The third kappa shape index (κ3) is 3.93. The van der Waals surface area contributed by atoms with Crippen LogP contribution < -0.4 is 14.8 Å². The molecule has 0 aliphatic carbocycles. The van der Waals surface area contributed by atoms with Crippen LogP contribution in [0.3, 0.4) is 0 Å². The normalized spacial score (nSPS) is 10.7. The number of ether oxygens (including phenoxy) is 2. The maximum absolute atomic E-state index is 12.4. The van der Waals surface area contributed by atoms with Gasteiger partial charge in [-0.25, -0.2) is 0 Å². The van der Waals surface area contributed by atoms with Gasteiger partial charge in [-0.05, 0) is 42.8 Å². The molecule has 0 aliphatic heterocycles. The Hall–Kier alpha value is -3.26. The van der Waals surface area contributed by atoms with Crippen molar-refractivity contribution in [2.45, 2.75) is 6.92 Å². The minimum absolute atomic E-state index is 0.0233. The highest BCUT2D eigenvalue weighted by Gasteiger charge is 2.12. The highest BCUT2D eigenvalue weighted by atomic mass is 16.5.